The Labute approximate surface area is 172 Å². The fourth-order valence-corrected chi connectivity index (χ4v) is 4.09. The number of ether oxygens (including phenoxy) is 2. The molecule has 0 unspecified atom stereocenters. The molecule has 1 aliphatic rings. The first-order valence-electron chi connectivity index (χ1n) is 10.1. The average molecular weight is 405 g/mol. The zero-order valence-electron chi connectivity index (χ0n) is 18.2. The number of esters is 2. The number of carbonyl (C=O) groups excluding carboxylic acids is 3. The number of hydrogen-bond donors (Lipinski definition) is 1. The number of Topliss-reactive ketones (excluding diaryl/α,β-unsaturated/α-hetero) is 1. The predicted octanol–water partition coefficient (Wildman–Crippen LogP) is 3.15. The van der Waals surface area contributed by atoms with Crippen molar-refractivity contribution in [3.05, 3.63) is 35.4 Å². The van der Waals surface area contributed by atoms with Gasteiger partial charge in [-0.15, -0.1) is 0 Å². The summed E-state index contributed by atoms with van der Waals surface area (Å²) >= 11 is 0. The van der Waals surface area contributed by atoms with Crippen molar-refractivity contribution < 1.29 is 29.0 Å². The summed E-state index contributed by atoms with van der Waals surface area (Å²) in [5, 5.41) is 11.0. The van der Waals surface area contributed by atoms with Crippen LogP contribution in [0.25, 0.3) is 0 Å². The molecule has 1 fully saturated rings. The van der Waals surface area contributed by atoms with Crippen LogP contribution in [0.3, 0.4) is 0 Å². The zero-order valence-corrected chi connectivity index (χ0v) is 18.2. The molecule has 0 amide bonds. The average Bonchev–Trinajstić information content (AvgIpc) is 2.59. The van der Waals surface area contributed by atoms with Crippen LogP contribution in [0.15, 0.2) is 24.3 Å². The van der Waals surface area contributed by atoms with E-state index in [1.807, 2.05) is 24.3 Å². The number of hydrogen-bond acceptors (Lipinski definition) is 6. The van der Waals surface area contributed by atoms with Crippen LogP contribution in [0.5, 0.6) is 0 Å². The molecule has 4 atom stereocenters. The Morgan fingerprint density at radius 2 is 1.59 bits per heavy atom. The third kappa shape index (κ3) is 4.86. The Kier molecular flexibility index (Phi) is 6.89. The van der Waals surface area contributed by atoms with E-state index in [1.54, 1.807) is 13.8 Å². The van der Waals surface area contributed by atoms with Crippen LogP contribution in [-0.4, -0.2) is 41.6 Å². The van der Waals surface area contributed by atoms with Crippen molar-refractivity contribution in [2.45, 2.75) is 64.9 Å². The zero-order chi connectivity index (χ0) is 22.0. The molecule has 0 aliphatic heterocycles. The van der Waals surface area contributed by atoms with Gasteiger partial charge in [-0.2, -0.15) is 0 Å². The maximum Gasteiger partial charge on any atom is 0.317 e. The minimum absolute atomic E-state index is 0.0759. The molecule has 0 spiro atoms. The lowest BCUT2D eigenvalue weighted by molar-refractivity contribution is -0.172. The maximum absolute atomic E-state index is 12.8. The summed E-state index contributed by atoms with van der Waals surface area (Å²) in [5.41, 5.74) is 0.00523. The highest BCUT2D eigenvalue weighted by atomic mass is 16.5. The highest BCUT2D eigenvalue weighted by Gasteiger charge is 2.57. The maximum atomic E-state index is 12.8. The van der Waals surface area contributed by atoms with E-state index in [-0.39, 0.29) is 25.0 Å². The third-order valence-corrected chi connectivity index (χ3v) is 5.51. The van der Waals surface area contributed by atoms with E-state index in [1.165, 1.54) is 6.92 Å². The summed E-state index contributed by atoms with van der Waals surface area (Å²) in [6.07, 6.45) is -0.309. The minimum atomic E-state index is -1.63. The third-order valence-electron chi connectivity index (χ3n) is 5.51. The van der Waals surface area contributed by atoms with Crippen LogP contribution in [0.1, 0.15) is 65.0 Å². The van der Waals surface area contributed by atoms with Gasteiger partial charge in [-0.1, -0.05) is 45.0 Å². The number of aliphatic hydroxyl groups is 1. The second kappa shape index (κ2) is 8.66. The molecule has 1 aromatic carbocycles. The van der Waals surface area contributed by atoms with E-state index in [4.69, 9.17) is 9.47 Å². The van der Waals surface area contributed by atoms with E-state index in [0.717, 1.165) is 5.56 Å². The summed E-state index contributed by atoms with van der Waals surface area (Å²) in [4.78, 5) is 38.3. The molecular weight excluding hydrogens is 372 g/mol. The second-order valence-corrected chi connectivity index (χ2v) is 8.86. The van der Waals surface area contributed by atoms with Gasteiger partial charge in [-0.3, -0.25) is 14.4 Å². The second-order valence-electron chi connectivity index (χ2n) is 8.86. The van der Waals surface area contributed by atoms with Gasteiger partial charge in [0, 0.05) is 12.3 Å². The van der Waals surface area contributed by atoms with Crippen LogP contribution in [0, 0.1) is 11.8 Å². The number of carbonyl (C=O) groups is 3. The van der Waals surface area contributed by atoms with E-state index in [2.05, 4.69) is 20.8 Å². The lowest BCUT2D eigenvalue weighted by Crippen LogP contribution is -2.55. The number of ketones is 1. The van der Waals surface area contributed by atoms with Crippen molar-refractivity contribution in [2.75, 3.05) is 13.2 Å². The van der Waals surface area contributed by atoms with Gasteiger partial charge >= 0.3 is 11.9 Å². The monoisotopic (exact) mass is 404 g/mol. The van der Waals surface area contributed by atoms with Gasteiger partial charge in [0.25, 0.3) is 0 Å². The first-order chi connectivity index (χ1) is 13.4. The summed E-state index contributed by atoms with van der Waals surface area (Å²) in [6.45, 7) is 11.3. The topological polar surface area (TPSA) is 89.9 Å². The van der Waals surface area contributed by atoms with Crippen molar-refractivity contribution in [3.63, 3.8) is 0 Å². The minimum Gasteiger partial charge on any atom is -0.466 e. The first-order valence-corrected chi connectivity index (χ1v) is 10.1. The summed E-state index contributed by atoms with van der Waals surface area (Å²) < 4.78 is 10.4. The lowest BCUT2D eigenvalue weighted by atomic mass is 9.61. The summed E-state index contributed by atoms with van der Waals surface area (Å²) in [5.74, 6) is -4.81. The Balaban J connectivity index is 2.61. The SMILES string of the molecule is CCOC(=O)[C@H]1C(=O)C[C@@](C)(O)[C@H](C(=O)OCC)[C@@H]1c1ccc(C(C)(C)C)cc1. The summed E-state index contributed by atoms with van der Waals surface area (Å²) in [7, 11) is 0. The van der Waals surface area contributed by atoms with Crippen molar-refractivity contribution >= 4 is 17.7 Å². The van der Waals surface area contributed by atoms with Crippen molar-refractivity contribution in [1.29, 1.82) is 0 Å². The van der Waals surface area contributed by atoms with E-state index in [0.29, 0.717) is 5.56 Å². The van der Waals surface area contributed by atoms with E-state index < -0.39 is 41.1 Å². The van der Waals surface area contributed by atoms with Gasteiger partial charge < -0.3 is 14.6 Å². The largest absolute Gasteiger partial charge is 0.466 e. The highest BCUT2D eigenvalue weighted by molar-refractivity contribution is 6.02. The quantitative estimate of drug-likeness (QED) is 0.599. The van der Waals surface area contributed by atoms with Crippen LogP contribution in [-0.2, 0) is 29.3 Å². The molecule has 6 nitrogen and oxygen atoms in total. The van der Waals surface area contributed by atoms with Crippen LogP contribution >= 0.6 is 0 Å². The van der Waals surface area contributed by atoms with Crippen LogP contribution in [0.4, 0.5) is 0 Å². The van der Waals surface area contributed by atoms with Gasteiger partial charge in [0.15, 0.2) is 5.78 Å². The van der Waals surface area contributed by atoms with Crippen molar-refractivity contribution in [3.8, 4) is 0 Å². The molecule has 0 saturated heterocycles. The number of rotatable bonds is 5. The molecule has 29 heavy (non-hydrogen) atoms. The molecule has 1 N–H and O–H groups in total. The lowest BCUT2D eigenvalue weighted by Gasteiger charge is -2.43. The Morgan fingerprint density at radius 1 is 1.07 bits per heavy atom. The van der Waals surface area contributed by atoms with Gasteiger partial charge in [-0.25, -0.2) is 0 Å². The molecule has 0 aromatic heterocycles. The van der Waals surface area contributed by atoms with Crippen LogP contribution < -0.4 is 0 Å². The fraction of sp³-hybridized carbons (Fsp3) is 0.609. The molecular formula is C23H32O6. The molecule has 6 heteroatoms. The normalized spacial score (nSPS) is 27.4. The molecule has 0 radical (unpaired) electrons. The molecule has 1 aromatic rings. The molecule has 1 aliphatic carbocycles. The Hall–Kier alpha value is -2.21. The molecule has 1 saturated carbocycles. The van der Waals surface area contributed by atoms with Gasteiger partial charge in [-0.05, 0) is 37.3 Å². The standard InChI is InChI=1S/C23H32O6/c1-7-28-20(25)18-16(24)13-23(6,27)19(21(26)29-8-2)17(18)14-9-11-15(12-10-14)22(3,4)5/h9-12,17-19,27H,7-8,13H2,1-6H3/t17-,18+,19+,23-/m1/s1. The van der Waals surface area contributed by atoms with E-state index in [9.17, 15) is 19.5 Å². The smallest absolute Gasteiger partial charge is 0.317 e. The van der Waals surface area contributed by atoms with Crippen molar-refractivity contribution in [2.24, 2.45) is 11.8 Å². The van der Waals surface area contributed by atoms with Crippen LogP contribution in [0.2, 0.25) is 0 Å². The predicted molar refractivity (Wildman–Crippen MR) is 108 cm³/mol. The Morgan fingerprint density at radius 3 is 2.07 bits per heavy atom. The van der Waals surface area contributed by atoms with Gasteiger partial charge in [0.2, 0.25) is 0 Å². The van der Waals surface area contributed by atoms with Gasteiger partial charge in [0.05, 0.1) is 24.7 Å². The summed E-state index contributed by atoms with van der Waals surface area (Å²) in [6, 6.07) is 7.48. The molecule has 0 bridgehead atoms. The van der Waals surface area contributed by atoms with Gasteiger partial charge in [0.1, 0.15) is 5.92 Å². The highest BCUT2D eigenvalue weighted by Crippen LogP contribution is 2.47. The molecule has 160 valence electrons. The molecule has 2 rings (SSSR count). The fourth-order valence-electron chi connectivity index (χ4n) is 4.09. The Bertz CT molecular complexity index is 757. The van der Waals surface area contributed by atoms with Crippen molar-refractivity contribution in [1.82, 2.24) is 0 Å². The van der Waals surface area contributed by atoms with E-state index >= 15 is 0 Å². The number of benzene rings is 1. The molecule has 0 heterocycles. The first kappa shape index (κ1) is 23.1.